The maximum atomic E-state index is 13.2. The number of carboxylic acids is 3. The monoisotopic (exact) mass is 1010 g/mol. The fourth-order valence-electron chi connectivity index (χ4n) is 9.00. The van der Waals surface area contributed by atoms with Gasteiger partial charge in [0.25, 0.3) is 17.4 Å². The minimum absolute atomic E-state index is 0.0276. The smallest absolute Gasteiger partial charge is 0.364 e. The molecule has 17 atom stereocenters. The predicted octanol–water partition coefficient (Wildman–Crippen LogP) is -3.50. The Hall–Kier alpha value is -3.29. The van der Waals surface area contributed by atoms with E-state index in [0.29, 0.717) is 6.54 Å². The quantitative estimate of drug-likeness (QED) is 0.0300. The average molecular weight is 1020 g/mol. The van der Waals surface area contributed by atoms with E-state index in [0.717, 1.165) is 39.0 Å². The van der Waals surface area contributed by atoms with Crippen molar-refractivity contribution in [1.29, 1.82) is 0 Å². The van der Waals surface area contributed by atoms with Crippen LogP contribution in [0.4, 0.5) is 0 Å². The molecular weight excluding hydrogens is 936 g/mol. The Morgan fingerprint density at radius 1 is 0.671 bits per heavy atom. The van der Waals surface area contributed by atoms with Crippen LogP contribution in [0.5, 0.6) is 0 Å². The van der Waals surface area contributed by atoms with E-state index in [1.54, 1.807) is 6.92 Å². The molecule has 16 N–H and O–H groups in total. The highest BCUT2D eigenvalue weighted by molar-refractivity contribution is 5.78. The molecule has 3 saturated heterocycles. The number of aliphatic carboxylic acids is 3. The number of aliphatic hydroxyl groups is 8. The molecule has 0 aliphatic carbocycles. The van der Waals surface area contributed by atoms with Crippen molar-refractivity contribution in [2.75, 3.05) is 33.4 Å². The molecule has 0 radical (unpaired) electrons. The lowest BCUT2D eigenvalue weighted by Gasteiger charge is -2.50. The van der Waals surface area contributed by atoms with E-state index in [-0.39, 0.29) is 13.0 Å². The Morgan fingerprint density at radius 2 is 1.14 bits per heavy atom. The molecule has 17 unspecified atom stereocenters. The first kappa shape index (κ1) is 61.0. The van der Waals surface area contributed by atoms with Crippen molar-refractivity contribution < 1.29 is 109 Å². The van der Waals surface area contributed by atoms with Crippen molar-refractivity contribution in [2.45, 2.75) is 213 Å². The summed E-state index contributed by atoms with van der Waals surface area (Å²) in [6.07, 6.45) is -13.6. The van der Waals surface area contributed by atoms with Crippen molar-refractivity contribution in [3.8, 4) is 0 Å². The number of carbonyl (C=O) groups excluding carboxylic acids is 2. The minimum atomic E-state index is -3.21. The van der Waals surface area contributed by atoms with Gasteiger partial charge >= 0.3 is 17.9 Å². The summed E-state index contributed by atoms with van der Waals surface area (Å²) in [4.78, 5) is 62.9. The number of carbonyl (C=O) groups is 5. The maximum Gasteiger partial charge on any atom is 0.364 e. The third-order valence-corrected chi connectivity index (χ3v) is 13.0. The Kier molecular flexibility index (Phi) is 24.6. The van der Waals surface area contributed by atoms with Crippen LogP contribution < -0.4 is 21.7 Å². The Labute approximate surface area is 406 Å². The Bertz CT molecular complexity index is 1670. The highest BCUT2D eigenvalue weighted by Gasteiger charge is 2.61. The summed E-state index contributed by atoms with van der Waals surface area (Å²) in [6.45, 7) is 2.67. The topological polar surface area (TPSA) is 425 Å². The number of ether oxygens (including phenoxy) is 6. The van der Waals surface area contributed by atoms with Gasteiger partial charge in [-0.15, -0.1) is 0 Å². The summed E-state index contributed by atoms with van der Waals surface area (Å²) < 4.78 is 34.1. The fourth-order valence-corrected chi connectivity index (χ4v) is 9.00. The molecule has 0 aromatic rings. The van der Waals surface area contributed by atoms with Crippen LogP contribution in [-0.4, -0.2) is 222 Å². The summed E-state index contributed by atoms with van der Waals surface area (Å²) in [5.74, 6) is -16.7. The number of amides is 2. The molecule has 2 amide bonds. The van der Waals surface area contributed by atoms with E-state index in [4.69, 9.17) is 34.2 Å². The molecule has 0 aromatic carbocycles. The molecule has 3 heterocycles. The van der Waals surface area contributed by atoms with Crippen LogP contribution in [0.3, 0.4) is 0 Å². The van der Waals surface area contributed by atoms with Gasteiger partial charge in [0.2, 0.25) is 11.8 Å². The van der Waals surface area contributed by atoms with Crippen LogP contribution in [0.1, 0.15) is 111 Å². The summed E-state index contributed by atoms with van der Waals surface area (Å²) in [5.41, 5.74) is 6.20. The zero-order valence-corrected chi connectivity index (χ0v) is 40.3. The zero-order chi connectivity index (χ0) is 52.6. The lowest BCUT2D eigenvalue weighted by Crippen LogP contribution is -2.71. The first-order chi connectivity index (χ1) is 33.0. The largest absolute Gasteiger partial charge is 0.477 e. The fraction of sp³-hybridized carbons (Fsp3) is 0.886. The molecule has 3 fully saturated rings. The van der Waals surface area contributed by atoms with Crippen molar-refractivity contribution in [1.82, 2.24) is 16.0 Å². The molecule has 26 heteroatoms. The van der Waals surface area contributed by atoms with E-state index in [1.165, 1.54) is 39.2 Å². The highest BCUT2D eigenvalue weighted by atomic mass is 16.8. The van der Waals surface area contributed by atoms with E-state index < -0.39 is 165 Å². The van der Waals surface area contributed by atoms with Crippen molar-refractivity contribution in [3.63, 3.8) is 0 Å². The SMILES string of the molecule is CCCCCCCCCCCCNCC(OC)C1OC(OC(CO)C(O)C2OC(OC(CO)C(O)C3OC(O)(C(=O)O)CC(O)C3NC(C)=O)(C(=O)O)CC(O)C2N)(C(=O)O)CC(O)C1NC(=O)CC. The first-order valence-corrected chi connectivity index (χ1v) is 24.0. The van der Waals surface area contributed by atoms with Crippen molar-refractivity contribution >= 4 is 29.7 Å². The number of aliphatic hydroxyl groups excluding tert-OH is 7. The summed E-state index contributed by atoms with van der Waals surface area (Å²) in [6, 6.07) is -4.74. The number of carboxylic acid groups (broad SMARTS) is 3. The van der Waals surface area contributed by atoms with Crippen LogP contribution in [0.2, 0.25) is 0 Å². The molecule has 70 heavy (non-hydrogen) atoms. The summed E-state index contributed by atoms with van der Waals surface area (Å²) in [5, 5.41) is 127. The predicted molar refractivity (Wildman–Crippen MR) is 239 cm³/mol. The van der Waals surface area contributed by atoms with Crippen molar-refractivity contribution in [2.24, 2.45) is 5.73 Å². The molecule has 3 rings (SSSR count). The maximum absolute atomic E-state index is 13.2. The van der Waals surface area contributed by atoms with Crippen LogP contribution >= 0.6 is 0 Å². The van der Waals surface area contributed by atoms with Crippen LogP contribution in [0, 0.1) is 0 Å². The molecule has 3 aliphatic heterocycles. The van der Waals surface area contributed by atoms with Gasteiger partial charge in [0.15, 0.2) is 0 Å². The standard InChI is InChI=1S/C44H78N4O22/c1-5-7-8-9-10-11-12-13-14-15-16-46-20-27(65-4)36-32(48-30(55)6-2)26(54)19-44(69-36,41(62)63)66-28(21-49)34(56)37-31(45)24(52)18-43(70-37,40(60)61)67-29(22-50)35(57)38-33(47-23(3)51)25(53)17-42(64,68-38)39(58)59/h24-29,31-38,46,49-50,52-54,56-57,64H,5-22,45H2,1-4H3,(H,47,51)(H,48,55)(H,58,59)(H,60,61)(H,62,63). The number of hydrogen-bond acceptors (Lipinski definition) is 21. The van der Waals surface area contributed by atoms with Gasteiger partial charge in [0.05, 0.1) is 55.8 Å². The lowest BCUT2D eigenvalue weighted by atomic mass is 9.87. The molecule has 0 bridgehead atoms. The van der Waals surface area contributed by atoms with Crippen molar-refractivity contribution in [3.05, 3.63) is 0 Å². The molecule has 0 spiro atoms. The first-order valence-electron chi connectivity index (χ1n) is 24.0. The Morgan fingerprint density at radius 3 is 1.61 bits per heavy atom. The number of hydrogen-bond donors (Lipinski definition) is 15. The van der Waals surface area contributed by atoms with E-state index in [2.05, 4.69) is 22.9 Å². The van der Waals surface area contributed by atoms with Gasteiger partial charge in [-0.1, -0.05) is 71.6 Å². The summed E-state index contributed by atoms with van der Waals surface area (Å²) in [7, 11) is 1.30. The van der Waals surface area contributed by atoms with Gasteiger partial charge in [0.1, 0.15) is 42.7 Å². The summed E-state index contributed by atoms with van der Waals surface area (Å²) >= 11 is 0. The molecule has 26 nitrogen and oxygen atoms in total. The van der Waals surface area contributed by atoms with Gasteiger partial charge in [-0.3, -0.25) is 9.59 Å². The number of rotatable bonds is 31. The third kappa shape index (κ3) is 15.9. The minimum Gasteiger partial charge on any atom is -0.477 e. The third-order valence-electron chi connectivity index (χ3n) is 13.0. The molecule has 3 aliphatic rings. The number of nitrogens with one attached hydrogen (secondary N) is 3. The van der Waals surface area contributed by atoms with Gasteiger partial charge in [-0.05, 0) is 13.0 Å². The highest BCUT2D eigenvalue weighted by Crippen LogP contribution is 2.39. The van der Waals surface area contributed by atoms with Crippen LogP contribution in [0.15, 0.2) is 0 Å². The zero-order valence-electron chi connectivity index (χ0n) is 40.3. The van der Waals surface area contributed by atoms with Gasteiger partial charge in [-0.25, -0.2) is 14.4 Å². The second kappa shape index (κ2) is 28.2. The normalized spacial score (nSPS) is 33.6. The molecule has 0 aromatic heterocycles. The van der Waals surface area contributed by atoms with Gasteiger partial charge in [-0.2, -0.15) is 0 Å². The number of unbranched alkanes of at least 4 members (excludes halogenated alkanes) is 9. The van der Waals surface area contributed by atoms with E-state index >= 15 is 0 Å². The number of methoxy groups -OCH3 is 1. The van der Waals surface area contributed by atoms with Gasteiger partial charge < -0.3 is 106 Å². The van der Waals surface area contributed by atoms with E-state index in [9.17, 15) is 80.1 Å². The molecular formula is C44H78N4O22. The second-order valence-electron chi connectivity index (χ2n) is 18.3. The molecule has 406 valence electrons. The van der Waals surface area contributed by atoms with E-state index in [1.807, 2.05) is 0 Å². The van der Waals surface area contributed by atoms with Crippen LogP contribution in [0.25, 0.3) is 0 Å². The lowest BCUT2D eigenvalue weighted by molar-refractivity contribution is -0.354. The molecule has 0 saturated carbocycles. The second-order valence-corrected chi connectivity index (χ2v) is 18.3. The number of nitrogens with two attached hydrogens (primary N) is 1. The average Bonchev–Trinajstić information content (AvgIpc) is 3.30. The van der Waals surface area contributed by atoms with Gasteiger partial charge in [0, 0.05) is 46.3 Å². The van der Waals surface area contributed by atoms with Crippen LogP contribution in [-0.2, 0) is 52.4 Å². The Balaban J connectivity index is 1.88.